The maximum atomic E-state index is 12.3. The van der Waals surface area contributed by atoms with Gasteiger partial charge in [0.25, 0.3) is 5.91 Å². The van der Waals surface area contributed by atoms with Crippen LogP contribution in [0.15, 0.2) is 36.4 Å². The summed E-state index contributed by atoms with van der Waals surface area (Å²) < 4.78 is 12.4. The summed E-state index contributed by atoms with van der Waals surface area (Å²) in [5.41, 5.74) is 3.15. The van der Waals surface area contributed by atoms with Crippen LogP contribution in [-0.2, 0) is 13.1 Å². The molecule has 0 unspecified atom stereocenters. The van der Waals surface area contributed by atoms with Crippen LogP contribution in [0.3, 0.4) is 0 Å². The Bertz CT molecular complexity index is 919. The molecule has 0 radical (unpaired) electrons. The fourth-order valence-corrected chi connectivity index (χ4v) is 2.68. The molecule has 3 aromatic rings. The number of nitrogens with zero attached hydrogens (tertiary/aromatic N) is 3. The lowest BCUT2D eigenvalue weighted by atomic mass is 10.1. The van der Waals surface area contributed by atoms with Crippen molar-refractivity contribution in [3.05, 3.63) is 47.5 Å². The Balaban J connectivity index is 1.48. The van der Waals surface area contributed by atoms with Gasteiger partial charge in [-0.05, 0) is 42.8 Å². The number of amides is 1. The molecule has 0 fully saturated rings. The third-order valence-corrected chi connectivity index (χ3v) is 3.97. The molecular weight excluding hydrogens is 308 g/mol. The monoisotopic (exact) mass is 324 g/mol. The Morgan fingerprint density at radius 2 is 2.08 bits per heavy atom. The lowest BCUT2D eigenvalue weighted by molar-refractivity contribution is 0.0951. The van der Waals surface area contributed by atoms with Crippen molar-refractivity contribution in [2.75, 3.05) is 6.79 Å². The van der Waals surface area contributed by atoms with Gasteiger partial charge in [-0.15, -0.1) is 5.10 Å². The molecule has 7 nitrogen and oxygen atoms in total. The van der Waals surface area contributed by atoms with Gasteiger partial charge >= 0.3 is 0 Å². The summed E-state index contributed by atoms with van der Waals surface area (Å²) in [5.74, 6) is 1.29. The highest BCUT2D eigenvalue weighted by Gasteiger charge is 2.14. The van der Waals surface area contributed by atoms with Crippen LogP contribution in [0.2, 0.25) is 0 Å². The van der Waals surface area contributed by atoms with Crippen LogP contribution in [-0.4, -0.2) is 27.7 Å². The summed E-state index contributed by atoms with van der Waals surface area (Å²) in [7, 11) is 0. The molecule has 0 aliphatic carbocycles. The molecule has 24 heavy (non-hydrogen) atoms. The zero-order chi connectivity index (χ0) is 16.5. The summed E-state index contributed by atoms with van der Waals surface area (Å²) in [5, 5.41) is 11.0. The normalized spacial score (nSPS) is 12.5. The molecule has 0 saturated heterocycles. The second-order valence-corrected chi connectivity index (χ2v) is 5.48. The fraction of sp³-hybridized carbons (Fsp3) is 0.235. The first-order valence-corrected chi connectivity index (χ1v) is 7.74. The molecule has 2 aromatic carbocycles. The van der Waals surface area contributed by atoms with Crippen LogP contribution in [0, 0.1) is 0 Å². The van der Waals surface area contributed by atoms with Crippen LogP contribution in [0.25, 0.3) is 11.0 Å². The van der Waals surface area contributed by atoms with Gasteiger partial charge in [0.1, 0.15) is 5.52 Å². The molecular formula is C17H16N4O3. The summed E-state index contributed by atoms with van der Waals surface area (Å²) >= 11 is 0. The van der Waals surface area contributed by atoms with E-state index < -0.39 is 0 Å². The van der Waals surface area contributed by atoms with E-state index in [2.05, 4.69) is 15.6 Å². The summed E-state index contributed by atoms with van der Waals surface area (Å²) in [6.45, 7) is 3.39. The van der Waals surface area contributed by atoms with Crippen LogP contribution in [0.1, 0.15) is 22.8 Å². The molecule has 1 aromatic heterocycles. The molecule has 4 rings (SSSR count). The number of benzene rings is 2. The zero-order valence-corrected chi connectivity index (χ0v) is 13.2. The third kappa shape index (κ3) is 2.54. The number of carbonyl (C=O) groups is 1. The number of nitrogens with one attached hydrogen (secondary N) is 1. The minimum Gasteiger partial charge on any atom is -0.454 e. The van der Waals surface area contributed by atoms with E-state index in [1.807, 2.05) is 31.2 Å². The van der Waals surface area contributed by atoms with Crippen LogP contribution >= 0.6 is 0 Å². The summed E-state index contributed by atoms with van der Waals surface area (Å²) in [4.78, 5) is 12.3. The average Bonchev–Trinajstić information content (AvgIpc) is 3.24. The van der Waals surface area contributed by atoms with Gasteiger partial charge in [-0.25, -0.2) is 4.68 Å². The zero-order valence-electron chi connectivity index (χ0n) is 13.2. The van der Waals surface area contributed by atoms with Crippen molar-refractivity contribution in [3.8, 4) is 11.5 Å². The first-order chi connectivity index (χ1) is 11.7. The Morgan fingerprint density at radius 3 is 2.96 bits per heavy atom. The molecule has 1 amide bonds. The first-order valence-electron chi connectivity index (χ1n) is 7.74. The number of carbonyl (C=O) groups excluding carboxylic acids is 1. The Hall–Kier alpha value is -3.09. The maximum Gasteiger partial charge on any atom is 0.251 e. The van der Waals surface area contributed by atoms with Gasteiger partial charge in [0.2, 0.25) is 6.79 Å². The van der Waals surface area contributed by atoms with Crippen LogP contribution < -0.4 is 14.8 Å². The van der Waals surface area contributed by atoms with Crippen LogP contribution in [0.4, 0.5) is 0 Å². The van der Waals surface area contributed by atoms with Crippen molar-refractivity contribution in [2.24, 2.45) is 0 Å². The van der Waals surface area contributed by atoms with Crippen molar-refractivity contribution in [2.45, 2.75) is 20.0 Å². The van der Waals surface area contributed by atoms with E-state index >= 15 is 0 Å². The minimum atomic E-state index is -0.152. The molecule has 122 valence electrons. The minimum absolute atomic E-state index is 0.152. The molecule has 1 N–H and O–H groups in total. The Morgan fingerprint density at radius 1 is 1.21 bits per heavy atom. The van der Waals surface area contributed by atoms with Crippen molar-refractivity contribution in [1.82, 2.24) is 20.3 Å². The van der Waals surface area contributed by atoms with E-state index in [1.165, 1.54) is 0 Å². The highest BCUT2D eigenvalue weighted by Crippen LogP contribution is 2.32. The largest absolute Gasteiger partial charge is 0.454 e. The predicted molar refractivity (Wildman–Crippen MR) is 86.9 cm³/mol. The maximum absolute atomic E-state index is 12.3. The number of hydrogen-bond donors (Lipinski definition) is 1. The number of aryl methyl sites for hydroxylation is 1. The SMILES string of the molecule is CCn1nnc2cc(C(=O)NCc3ccc4c(c3)OCO4)ccc21. The van der Waals surface area contributed by atoms with E-state index in [0.29, 0.717) is 23.4 Å². The smallest absolute Gasteiger partial charge is 0.251 e. The molecule has 0 spiro atoms. The van der Waals surface area contributed by atoms with E-state index in [-0.39, 0.29) is 12.7 Å². The Labute approximate surface area is 138 Å². The van der Waals surface area contributed by atoms with Crippen molar-refractivity contribution < 1.29 is 14.3 Å². The molecule has 0 bridgehead atoms. The first kappa shape index (κ1) is 14.5. The van der Waals surface area contributed by atoms with Crippen molar-refractivity contribution in [3.63, 3.8) is 0 Å². The van der Waals surface area contributed by atoms with Gasteiger partial charge in [-0.1, -0.05) is 11.3 Å². The lowest BCUT2D eigenvalue weighted by Gasteiger charge is -2.06. The fourth-order valence-electron chi connectivity index (χ4n) is 2.68. The Kier molecular flexibility index (Phi) is 3.53. The van der Waals surface area contributed by atoms with E-state index in [0.717, 1.165) is 23.4 Å². The number of fused-ring (bicyclic) bond motifs is 2. The molecule has 1 aliphatic rings. The molecule has 1 aliphatic heterocycles. The lowest BCUT2D eigenvalue weighted by Crippen LogP contribution is -2.22. The highest BCUT2D eigenvalue weighted by atomic mass is 16.7. The van der Waals surface area contributed by atoms with Gasteiger partial charge in [0, 0.05) is 18.7 Å². The quantitative estimate of drug-likeness (QED) is 0.795. The third-order valence-electron chi connectivity index (χ3n) is 3.97. The second-order valence-electron chi connectivity index (χ2n) is 5.48. The van der Waals surface area contributed by atoms with E-state index in [4.69, 9.17) is 9.47 Å². The number of aromatic nitrogens is 3. The molecule has 2 heterocycles. The van der Waals surface area contributed by atoms with Gasteiger partial charge in [0.05, 0.1) is 5.52 Å². The number of rotatable bonds is 4. The van der Waals surface area contributed by atoms with E-state index in [9.17, 15) is 4.79 Å². The number of ether oxygens (including phenoxy) is 2. The van der Waals surface area contributed by atoms with Crippen molar-refractivity contribution in [1.29, 1.82) is 0 Å². The average molecular weight is 324 g/mol. The van der Waals surface area contributed by atoms with Gasteiger partial charge in [-0.2, -0.15) is 0 Å². The second kappa shape index (κ2) is 5.84. The molecule has 0 saturated carbocycles. The molecule has 0 atom stereocenters. The number of hydrogen-bond acceptors (Lipinski definition) is 5. The van der Waals surface area contributed by atoms with Crippen molar-refractivity contribution >= 4 is 16.9 Å². The standard InChI is InChI=1S/C17H16N4O3/c1-2-21-14-5-4-12(8-13(14)19-20-21)17(22)18-9-11-3-6-15-16(7-11)24-10-23-15/h3-8H,2,9-10H2,1H3,(H,18,22). The predicted octanol–water partition coefficient (Wildman–Crippen LogP) is 2.11. The molecule has 7 heteroatoms. The highest BCUT2D eigenvalue weighted by molar-refractivity contribution is 5.97. The summed E-state index contributed by atoms with van der Waals surface area (Å²) in [6, 6.07) is 11.0. The van der Waals surface area contributed by atoms with Gasteiger partial charge in [-0.3, -0.25) is 4.79 Å². The van der Waals surface area contributed by atoms with E-state index in [1.54, 1.807) is 16.8 Å². The van der Waals surface area contributed by atoms with Gasteiger partial charge < -0.3 is 14.8 Å². The van der Waals surface area contributed by atoms with Gasteiger partial charge in [0.15, 0.2) is 11.5 Å². The summed E-state index contributed by atoms with van der Waals surface area (Å²) in [6.07, 6.45) is 0. The topological polar surface area (TPSA) is 78.3 Å². The van der Waals surface area contributed by atoms with Crippen LogP contribution in [0.5, 0.6) is 11.5 Å².